The van der Waals surface area contributed by atoms with Gasteiger partial charge in [-0.3, -0.25) is 9.48 Å². The van der Waals surface area contributed by atoms with Crippen LogP contribution >= 0.6 is 11.3 Å². The third-order valence-electron chi connectivity index (χ3n) is 7.58. The van der Waals surface area contributed by atoms with E-state index >= 15 is 0 Å². The summed E-state index contributed by atoms with van der Waals surface area (Å²) in [5.74, 6) is 0.733. The van der Waals surface area contributed by atoms with Crippen molar-refractivity contribution in [2.75, 3.05) is 42.6 Å². The molecule has 7 nitrogen and oxygen atoms in total. The number of thiophene rings is 1. The summed E-state index contributed by atoms with van der Waals surface area (Å²) in [5.41, 5.74) is 2.77. The van der Waals surface area contributed by atoms with E-state index in [0.29, 0.717) is 25.4 Å². The molecule has 0 N–H and O–H groups in total. The molecule has 0 bridgehead atoms. The van der Waals surface area contributed by atoms with E-state index in [9.17, 15) is 13.2 Å². The lowest BCUT2D eigenvalue weighted by molar-refractivity contribution is -0.137. The number of carbonyl (C=O) groups excluding carboxylic acids is 1. The molecule has 3 fully saturated rings. The molecule has 9 heteroatoms. The molecule has 2 saturated heterocycles. The van der Waals surface area contributed by atoms with Gasteiger partial charge in [0.05, 0.1) is 40.0 Å². The van der Waals surface area contributed by atoms with Crippen LogP contribution in [0.4, 0.5) is 5.69 Å². The second kappa shape index (κ2) is 8.17. The number of carbonyl (C=O) groups is 1. The number of hydrogen-bond acceptors (Lipinski definition) is 6. The molecule has 3 aliphatic rings. The summed E-state index contributed by atoms with van der Waals surface area (Å²) < 4.78 is 25.8. The minimum atomic E-state index is -2.96. The lowest BCUT2D eigenvalue weighted by Gasteiger charge is -2.40. The van der Waals surface area contributed by atoms with Gasteiger partial charge in [-0.25, -0.2) is 8.42 Å². The molecule has 5 rings (SSSR count). The Hall–Kier alpha value is -1.87. The summed E-state index contributed by atoms with van der Waals surface area (Å²) in [6.07, 6.45) is 4.80. The molecule has 4 heterocycles. The van der Waals surface area contributed by atoms with Gasteiger partial charge >= 0.3 is 0 Å². The molecule has 1 atom stereocenters. The minimum absolute atomic E-state index is 0.0664. The molecule has 2 aliphatic heterocycles. The number of aryl methyl sites for hydroxylation is 1. The second-order valence-electron chi connectivity index (χ2n) is 9.57. The molecule has 1 unspecified atom stereocenters. The first-order valence-corrected chi connectivity index (χ1v) is 14.4. The van der Waals surface area contributed by atoms with E-state index in [2.05, 4.69) is 27.3 Å². The lowest BCUT2D eigenvalue weighted by Crippen LogP contribution is -2.54. The van der Waals surface area contributed by atoms with Gasteiger partial charge in [-0.15, -0.1) is 11.3 Å². The van der Waals surface area contributed by atoms with Crippen molar-refractivity contribution >= 4 is 32.8 Å². The fourth-order valence-corrected chi connectivity index (χ4v) is 8.64. The van der Waals surface area contributed by atoms with E-state index < -0.39 is 9.84 Å². The highest BCUT2D eigenvalue weighted by Gasteiger charge is 2.46. The molecular formula is C23H32N4O3S2. The van der Waals surface area contributed by atoms with Crippen molar-refractivity contribution in [1.82, 2.24) is 14.7 Å². The second-order valence-corrected chi connectivity index (χ2v) is 12.7. The van der Waals surface area contributed by atoms with Crippen LogP contribution in [-0.4, -0.2) is 66.7 Å². The highest BCUT2D eigenvalue weighted by atomic mass is 32.2. The van der Waals surface area contributed by atoms with Crippen LogP contribution in [0.3, 0.4) is 0 Å². The normalized spacial score (nSPS) is 24.9. The molecular weight excluding hydrogens is 444 g/mol. The van der Waals surface area contributed by atoms with Crippen molar-refractivity contribution < 1.29 is 13.2 Å². The van der Waals surface area contributed by atoms with Gasteiger partial charge in [0, 0.05) is 31.1 Å². The zero-order valence-corrected chi connectivity index (χ0v) is 20.6. The van der Waals surface area contributed by atoms with Crippen molar-refractivity contribution in [2.24, 2.45) is 0 Å². The first-order chi connectivity index (χ1) is 15.3. The van der Waals surface area contributed by atoms with E-state index in [1.54, 1.807) is 11.3 Å². The van der Waals surface area contributed by atoms with E-state index in [-0.39, 0.29) is 23.0 Å². The van der Waals surface area contributed by atoms with E-state index in [1.165, 1.54) is 4.88 Å². The number of piperazine rings is 1. The van der Waals surface area contributed by atoms with Gasteiger partial charge in [0.2, 0.25) is 5.91 Å². The predicted octanol–water partition coefficient (Wildman–Crippen LogP) is 3.08. The lowest BCUT2D eigenvalue weighted by atomic mass is 9.82. The van der Waals surface area contributed by atoms with Crippen LogP contribution in [0.25, 0.3) is 0 Å². The van der Waals surface area contributed by atoms with Crippen LogP contribution in [0.15, 0.2) is 17.5 Å². The molecule has 32 heavy (non-hydrogen) atoms. The summed E-state index contributed by atoms with van der Waals surface area (Å²) >= 11 is 1.72. The maximum atomic E-state index is 13.7. The van der Waals surface area contributed by atoms with E-state index in [0.717, 1.165) is 55.8 Å². The van der Waals surface area contributed by atoms with E-state index in [1.807, 2.05) is 18.5 Å². The first-order valence-electron chi connectivity index (χ1n) is 11.7. The standard InChI is InChI=1S/C23H32N4O3S2/c1-17-21(18(2)27(24-17)19-7-15-32(29,30)16-19)25-10-12-26(13-11-25)22(28)23(8-3-4-9-23)20-6-5-14-31-20/h5-6,14,19H,3-4,7-13,15-16H2,1-2H3. The summed E-state index contributed by atoms with van der Waals surface area (Å²) in [6, 6.07) is 4.13. The van der Waals surface area contributed by atoms with Crippen LogP contribution < -0.4 is 4.90 Å². The maximum absolute atomic E-state index is 13.7. The summed E-state index contributed by atoms with van der Waals surface area (Å²) in [6.45, 7) is 7.04. The zero-order valence-electron chi connectivity index (χ0n) is 18.9. The highest BCUT2D eigenvalue weighted by molar-refractivity contribution is 7.91. The number of anilines is 1. The van der Waals surface area contributed by atoms with E-state index in [4.69, 9.17) is 5.10 Å². The quantitative estimate of drug-likeness (QED) is 0.678. The number of aromatic nitrogens is 2. The Labute approximate surface area is 194 Å². The third-order valence-corrected chi connectivity index (χ3v) is 10.4. The Morgan fingerprint density at radius 3 is 2.47 bits per heavy atom. The first kappa shape index (κ1) is 21.9. The molecule has 174 valence electrons. The monoisotopic (exact) mass is 476 g/mol. The van der Waals surface area contributed by atoms with Crippen LogP contribution in [0.2, 0.25) is 0 Å². The zero-order chi connectivity index (χ0) is 22.5. The van der Waals surface area contributed by atoms with Crippen molar-refractivity contribution in [3.63, 3.8) is 0 Å². The van der Waals surface area contributed by atoms with Crippen molar-refractivity contribution in [3.8, 4) is 0 Å². The summed E-state index contributed by atoms with van der Waals surface area (Å²) in [4.78, 5) is 19.3. The van der Waals surface area contributed by atoms with Gasteiger partial charge in [-0.1, -0.05) is 18.9 Å². The molecule has 0 radical (unpaired) electrons. The fourth-order valence-electron chi connectivity index (χ4n) is 5.97. The number of sulfone groups is 1. The molecule has 2 aromatic rings. The molecule has 2 aromatic heterocycles. The van der Waals surface area contributed by atoms with Crippen molar-refractivity contribution in [3.05, 3.63) is 33.8 Å². The number of nitrogens with zero attached hydrogens (tertiary/aromatic N) is 4. The average molecular weight is 477 g/mol. The smallest absolute Gasteiger partial charge is 0.234 e. The van der Waals surface area contributed by atoms with Crippen molar-refractivity contribution in [1.29, 1.82) is 0 Å². The number of rotatable bonds is 4. The van der Waals surface area contributed by atoms with Gasteiger partial charge in [0.15, 0.2) is 9.84 Å². The average Bonchev–Trinajstić information content (AvgIpc) is 3.55. The molecule has 1 saturated carbocycles. The Morgan fingerprint density at radius 1 is 1.16 bits per heavy atom. The number of amides is 1. The third kappa shape index (κ3) is 3.67. The fraction of sp³-hybridized carbons (Fsp3) is 0.652. The van der Waals surface area contributed by atoms with Gasteiger partial charge in [0.25, 0.3) is 0 Å². The van der Waals surface area contributed by atoms with Crippen LogP contribution in [0, 0.1) is 13.8 Å². The molecule has 0 spiro atoms. The topological polar surface area (TPSA) is 75.5 Å². The molecule has 0 aromatic carbocycles. The highest BCUT2D eigenvalue weighted by Crippen LogP contribution is 2.44. The Morgan fingerprint density at radius 2 is 1.88 bits per heavy atom. The molecule has 1 aliphatic carbocycles. The van der Waals surface area contributed by atoms with Crippen LogP contribution in [-0.2, 0) is 20.0 Å². The van der Waals surface area contributed by atoms with Gasteiger partial charge in [-0.05, 0) is 44.6 Å². The van der Waals surface area contributed by atoms with Gasteiger partial charge < -0.3 is 9.80 Å². The van der Waals surface area contributed by atoms with Gasteiger partial charge in [-0.2, -0.15) is 5.10 Å². The minimum Gasteiger partial charge on any atom is -0.365 e. The Balaban J connectivity index is 1.31. The van der Waals surface area contributed by atoms with Crippen LogP contribution in [0.1, 0.15) is 54.4 Å². The van der Waals surface area contributed by atoms with Crippen LogP contribution in [0.5, 0.6) is 0 Å². The molecule has 1 amide bonds. The Bertz CT molecular complexity index is 1090. The predicted molar refractivity (Wildman–Crippen MR) is 127 cm³/mol. The largest absolute Gasteiger partial charge is 0.365 e. The number of hydrogen-bond donors (Lipinski definition) is 0. The Kier molecular flexibility index (Phi) is 5.60. The van der Waals surface area contributed by atoms with Gasteiger partial charge in [0.1, 0.15) is 0 Å². The summed E-state index contributed by atoms with van der Waals surface area (Å²) in [7, 11) is -2.96. The summed E-state index contributed by atoms with van der Waals surface area (Å²) in [5, 5.41) is 6.81. The maximum Gasteiger partial charge on any atom is 0.234 e. The SMILES string of the molecule is Cc1nn(C2CCS(=O)(=O)C2)c(C)c1N1CCN(C(=O)C2(c3cccs3)CCCC2)CC1. The van der Waals surface area contributed by atoms with Crippen molar-refractivity contribution in [2.45, 2.75) is 57.4 Å².